The molecule has 0 radical (unpaired) electrons. The number of aliphatic hydroxyl groups excluding tert-OH is 2. The highest BCUT2D eigenvalue weighted by atomic mass is 16.5. The number of anilines is 1. The zero-order valence-electron chi connectivity index (χ0n) is 10.2. The van der Waals surface area contributed by atoms with Gasteiger partial charge in [-0.15, -0.1) is 0 Å². The number of para-hydroxylation sites is 1. The number of aliphatic hydroxyl groups is 2. The molecule has 0 amide bonds. The van der Waals surface area contributed by atoms with Crippen molar-refractivity contribution in [2.45, 2.75) is 0 Å². The highest BCUT2D eigenvalue weighted by Gasteiger charge is 2.15. The van der Waals surface area contributed by atoms with E-state index < -0.39 is 0 Å². The van der Waals surface area contributed by atoms with Crippen LogP contribution in [0.2, 0.25) is 0 Å². The lowest BCUT2D eigenvalue weighted by Crippen LogP contribution is -2.30. The van der Waals surface area contributed by atoms with Crippen LogP contribution in [0.5, 0.6) is 11.5 Å². The van der Waals surface area contributed by atoms with Crippen LogP contribution in [-0.2, 0) is 0 Å². The minimum Gasteiger partial charge on any atom is -0.493 e. The summed E-state index contributed by atoms with van der Waals surface area (Å²) in [6.45, 7) is 0.898. The summed E-state index contributed by atoms with van der Waals surface area (Å²) in [5.41, 5.74) is 0.801. The van der Waals surface area contributed by atoms with Crippen LogP contribution in [0, 0.1) is 0 Å². The lowest BCUT2D eigenvalue weighted by atomic mass is 10.2. The van der Waals surface area contributed by atoms with Gasteiger partial charge in [0.05, 0.1) is 33.1 Å². The van der Waals surface area contributed by atoms with Gasteiger partial charge in [0.2, 0.25) is 0 Å². The second-order valence-corrected chi connectivity index (χ2v) is 3.45. The number of ether oxygens (including phenoxy) is 2. The Hall–Kier alpha value is -1.46. The second-order valence-electron chi connectivity index (χ2n) is 3.45. The largest absolute Gasteiger partial charge is 0.493 e. The molecule has 0 heterocycles. The second kappa shape index (κ2) is 6.98. The Morgan fingerprint density at radius 2 is 1.71 bits per heavy atom. The molecule has 5 nitrogen and oxygen atoms in total. The molecule has 0 saturated heterocycles. The SMILES string of the molecule is COc1cccc(N(CCO)CCO)c1OC. The van der Waals surface area contributed by atoms with Crippen LogP contribution >= 0.6 is 0 Å². The lowest BCUT2D eigenvalue weighted by molar-refractivity contribution is 0.280. The van der Waals surface area contributed by atoms with Gasteiger partial charge in [-0.2, -0.15) is 0 Å². The lowest BCUT2D eigenvalue weighted by Gasteiger charge is -2.25. The fourth-order valence-corrected chi connectivity index (χ4v) is 1.71. The normalized spacial score (nSPS) is 10.1. The standard InChI is InChI=1S/C12H19NO4/c1-16-11-5-3-4-10(12(11)17-2)13(6-8-14)7-9-15/h3-5,14-15H,6-9H2,1-2H3. The van der Waals surface area contributed by atoms with Crippen molar-refractivity contribution in [3.8, 4) is 11.5 Å². The predicted molar refractivity (Wildman–Crippen MR) is 65.9 cm³/mol. The summed E-state index contributed by atoms with van der Waals surface area (Å²) < 4.78 is 10.5. The summed E-state index contributed by atoms with van der Waals surface area (Å²) in [5.74, 6) is 1.24. The highest BCUT2D eigenvalue weighted by Crippen LogP contribution is 2.36. The number of hydrogen-bond acceptors (Lipinski definition) is 5. The van der Waals surface area contributed by atoms with Gasteiger partial charge in [-0.1, -0.05) is 6.07 Å². The molecule has 0 fully saturated rings. The summed E-state index contributed by atoms with van der Waals surface area (Å²) >= 11 is 0. The molecule has 1 aromatic carbocycles. The van der Waals surface area contributed by atoms with Gasteiger partial charge in [-0.05, 0) is 12.1 Å². The minimum absolute atomic E-state index is 0.0143. The van der Waals surface area contributed by atoms with Gasteiger partial charge < -0.3 is 24.6 Å². The Labute approximate surface area is 101 Å². The zero-order valence-corrected chi connectivity index (χ0v) is 10.2. The van der Waals surface area contributed by atoms with E-state index in [1.54, 1.807) is 20.3 Å². The van der Waals surface area contributed by atoms with E-state index in [-0.39, 0.29) is 13.2 Å². The van der Waals surface area contributed by atoms with E-state index >= 15 is 0 Å². The van der Waals surface area contributed by atoms with Crippen LogP contribution in [0.4, 0.5) is 5.69 Å². The average Bonchev–Trinajstić information content (AvgIpc) is 2.37. The molecular formula is C12H19NO4. The summed E-state index contributed by atoms with van der Waals surface area (Å²) in [5, 5.41) is 18.0. The molecule has 0 spiro atoms. The third-order valence-electron chi connectivity index (χ3n) is 2.46. The van der Waals surface area contributed by atoms with Gasteiger partial charge in [0.15, 0.2) is 11.5 Å². The van der Waals surface area contributed by atoms with Gasteiger partial charge in [-0.25, -0.2) is 0 Å². The summed E-state index contributed by atoms with van der Waals surface area (Å²) in [6.07, 6.45) is 0. The van der Waals surface area contributed by atoms with E-state index in [2.05, 4.69) is 0 Å². The van der Waals surface area contributed by atoms with Gasteiger partial charge in [0.25, 0.3) is 0 Å². The van der Waals surface area contributed by atoms with E-state index in [0.29, 0.717) is 24.6 Å². The van der Waals surface area contributed by atoms with Crippen molar-refractivity contribution in [3.05, 3.63) is 18.2 Å². The Balaban J connectivity index is 3.07. The first-order valence-electron chi connectivity index (χ1n) is 5.46. The average molecular weight is 241 g/mol. The Morgan fingerprint density at radius 3 is 2.18 bits per heavy atom. The summed E-state index contributed by atoms with van der Waals surface area (Å²) in [7, 11) is 3.14. The van der Waals surface area contributed by atoms with E-state index in [1.165, 1.54) is 0 Å². The summed E-state index contributed by atoms with van der Waals surface area (Å²) in [4.78, 5) is 1.85. The van der Waals surface area contributed by atoms with Crippen LogP contribution in [0.3, 0.4) is 0 Å². The Kier molecular flexibility index (Phi) is 5.59. The molecule has 0 atom stereocenters. The van der Waals surface area contributed by atoms with E-state index in [0.717, 1.165) is 5.69 Å². The van der Waals surface area contributed by atoms with Crippen molar-refractivity contribution < 1.29 is 19.7 Å². The molecule has 0 aliphatic rings. The number of benzene rings is 1. The molecule has 0 bridgehead atoms. The molecular weight excluding hydrogens is 222 g/mol. The van der Waals surface area contributed by atoms with Crippen molar-refractivity contribution in [1.82, 2.24) is 0 Å². The molecule has 0 aliphatic carbocycles. The van der Waals surface area contributed by atoms with E-state index in [4.69, 9.17) is 19.7 Å². The van der Waals surface area contributed by atoms with Crippen LogP contribution in [-0.4, -0.2) is 50.7 Å². The molecule has 1 rings (SSSR count). The van der Waals surface area contributed by atoms with Crippen molar-refractivity contribution in [3.63, 3.8) is 0 Å². The molecule has 0 saturated carbocycles. The maximum absolute atomic E-state index is 9.02. The molecule has 0 unspecified atom stereocenters. The first kappa shape index (κ1) is 13.6. The molecule has 0 aliphatic heterocycles. The van der Waals surface area contributed by atoms with Gasteiger partial charge in [-0.3, -0.25) is 0 Å². The highest BCUT2D eigenvalue weighted by molar-refractivity contribution is 5.64. The first-order chi connectivity index (χ1) is 8.28. The van der Waals surface area contributed by atoms with E-state index in [1.807, 2.05) is 17.0 Å². The number of hydrogen-bond donors (Lipinski definition) is 2. The smallest absolute Gasteiger partial charge is 0.184 e. The van der Waals surface area contributed by atoms with Crippen LogP contribution in [0.1, 0.15) is 0 Å². The Morgan fingerprint density at radius 1 is 1.06 bits per heavy atom. The maximum Gasteiger partial charge on any atom is 0.184 e. The quantitative estimate of drug-likeness (QED) is 0.727. The third kappa shape index (κ3) is 3.25. The van der Waals surface area contributed by atoms with Crippen LogP contribution in [0.25, 0.3) is 0 Å². The third-order valence-corrected chi connectivity index (χ3v) is 2.46. The molecule has 5 heteroatoms. The van der Waals surface area contributed by atoms with Gasteiger partial charge >= 0.3 is 0 Å². The molecule has 0 aromatic heterocycles. The number of nitrogens with zero attached hydrogens (tertiary/aromatic N) is 1. The number of methoxy groups -OCH3 is 2. The first-order valence-corrected chi connectivity index (χ1v) is 5.46. The van der Waals surface area contributed by atoms with E-state index in [9.17, 15) is 0 Å². The van der Waals surface area contributed by atoms with Crippen molar-refractivity contribution >= 4 is 5.69 Å². The monoisotopic (exact) mass is 241 g/mol. The van der Waals surface area contributed by atoms with Crippen molar-refractivity contribution in [1.29, 1.82) is 0 Å². The van der Waals surface area contributed by atoms with Crippen LogP contribution in [0.15, 0.2) is 18.2 Å². The molecule has 17 heavy (non-hydrogen) atoms. The Bertz CT molecular complexity index is 337. The molecule has 2 N–H and O–H groups in total. The zero-order chi connectivity index (χ0) is 12.7. The topological polar surface area (TPSA) is 62.2 Å². The number of rotatable bonds is 7. The summed E-state index contributed by atoms with van der Waals surface area (Å²) in [6, 6.07) is 5.52. The molecule has 96 valence electrons. The van der Waals surface area contributed by atoms with Gasteiger partial charge in [0, 0.05) is 13.1 Å². The fourth-order valence-electron chi connectivity index (χ4n) is 1.71. The van der Waals surface area contributed by atoms with Gasteiger partial charge in [0.1, 0.15) is 0 Å². The van der Waals surface area contributed by atoms with Crippen LogP contribution < -0.4 is 14.4 Å². The minimum atomic E-state index is 0.0143. The van der Waals surface area contributed by atoms with Crippen molar-refractivity contribution in [2.24, 2.45) is 0 Å². The molecule has 1 aromatic rings. The fraction of sp³-hybridized carbons (Fsp3) is 0.500. The van der Waals surface area contributed by atoms with Crippen molar-refractivity contribution in [2.75, 3.05) is 45.4 Å². The predicted octanol–water partition coefficient (Wildman–Crippen LogP) is 0.495. The maximum atomic E-state index is 9.02.